The maximum absolute atomic E-state index is 10.7. The molecule has 14 heavy (non-hydrogen) atoms. The molecular formula is C10H17NO3. The molecule has 0 rings (SSSR count). The number of amides is 1. The second kappa shape index (κ2) is 7.12. The maximum Gasteiger partial charge on any atom is 0.302 e. The molecule has 4 nitrogen and oxygen atoms in total. The number of nitrogens with one attached hydrogen (secondary N) is 1. The van der Waals surface area contributed by atoms with Crippen LogP contribution in [0, 0.1) is 5.92 Å². The van der Waals surface area contributed by atoms with E-state index in [2.05, 4.69) is 11.9 Å². The number of esters is 1. The van der Waals surface area contributed by atoms with Crippen LogP contribution in [0.4, 0.5) is 0 Å². The van der Waals surface area contributed by atoms with Crippen LogP contribution in [0.3, 0.4) is 0 Å². The van der Waals surface area contributed by atoms with Crippen molar-refractivity contribution in [2.45, 2.75) is 20.3 Å². The van der Waals surface area contributed by atoms with Gasteiger partial charge in [-0.25, -0.2) is 0 Å². The molecule has 0 saturated carbocycles. The molecule has 1 amide bonds. The normalized spacial score (nSPS) is 11.6. The first-order valence-electron chi connectivity index (χ1n) is 4.60. The van der Waals surface area contributed by atoms with E-state index in [1.165, 1.54) is 13.0 Å². The molecule has 0 aromatic heterocycles. The number of hydrogen-bond donors (Lipinski definition) is 1. The lowest BCUT2D eigenvalue weighted by Gasteiger charge is -2.10. The van der Waals surface area contributed by atoms with Crippen LogP contribution in [0.25, 0.3) is 0 Å². The van der Waals surface area contributed by atoms with Crippen LogP contribution in [0.1, 0.15) is 20.3 Å². The molecule has 4 heteroatoms. The molecule has 0 saturated heterocycles. The van der Waals surface area contributed by atoms with Crippen LogP contribution in [0.5, 0.6) is 0 Å². The molecule has 80 valence electrons. The first kappa shape index (κ1) is 12.7. The zero-order valence-electron chi connectivity index (χ0n) is 8.71. The quantitative estimate of drug-likeness (QED) is 0.510. The number of hydrogen-bond acceptors (Lipinski definition) is 3. The lowest BCUT2D eigenvalue weighted by atomic mass is 10.1. The zero-order valence-corrected chi connectivity index (χ0v) is 8.71. The Labute approximate surface area is 84.3 Å². The number of rotatable bonds is 6. The summed E-state index contributed by atoms with van der Waals surface area (Å²) < 4.78 is 4.82. The second-order valence-corrected chi connectivity index (χ2v) is 3.19. The molecule has 0 aromatic rings. The minimum Gasteiger partial charge on any atom is -0.466 e. The Morgan fingerprint density at radius 1 is 1.57 bits per heavy atom. The van der Waals surface area contributed by atoms with E-state index < -0.39 is 0 Å². The highest BCUT2D eigenvalue weighted by Crippen LogP contribution is 2.00. The molecule has 0 radical (unpaired) electrons. The van der Waals surface area contributed by atoms with Crippen LogP contribution in [0.2, 0.25) is 0 Å². The minimum atomic E-state index is -0.271. The average molecular weight is 199 g/mol. The van der Waals surface area contributed by atoms with E-state index in [4.69, 9.17) is 4.74 Å². The molecule has 0 aliphatic heterocycles. The fourth-order valence-electron chi connectivity index (χ4n) is 0.857. The maximum atomic E-state index is 10.7. The van der Waals surface area contributed by atoms with Gasteiger partial charge in [-0.15, -0.1) is 0 Å². The van der Waals surface area contributed by atoms with E-state index in [1.54, 1.807) is 0 Å². The van der Waals surface area contributed by atoms with E-state index in [1.807, 2.05) is 6.92 Å². The third-order valence-corrected chi connectivity index (χ3v) is 1.69. The molecule has 1 unspecified atom stereocenters. The fraction of sp³-hybridized carbons (Fsp3) is 0.600. The predicted molar refractivity (Wildman–Crippen MR) is 53.6 cm³/mol. The molecule has 1 atom stereocenters. The summed E-state index contributed by atoms with van der Waals surface area (Å²) in [6.45, 7) is 7.66. The van der Waals surface area contributed by atoms with E-state index >= 15 is 0 Å². The van der Waals surface area contributed by atoms with Crippen LogP contribution < -0.4 is 5.32 Å². The van der Waals surface area contributed by atoms with Gasteiger partial charge in [0.15, 0.2) is 0 Å². The first-order valence-corrected chi connectivity index (χ1v) is 4.60. The molecule has 0 heterocycles. The number of carbonyl (C=O) groups excluding carboxylic acids is 2. The summed E-state index contributed by atoms with van der Waals surface area (Å²) in [5.41, 5.74) is 0. The van der Waals surface area contributed by atoms with Crippen molar-refractivity contribution in [3.63, 3.8) is 0 Å². The van der Waals surface area contributed by atoms with Gasteiger partial charge in [0.2, 0.25) is 5.91 Å². The van der Waals surface area contributed by atoms with E-state index in [9.17, 15) is 9.59 Å². The van der Waals surface area contributed by atoms with Crippen molar-refractivity contribution in [3.05, 3.63) is 12.7 Å². The van der Waals surface area contributed by atoms with Crippen LogP contribution in [-0.2, 0) is 14.3 Å². The van der Waals surface area contributed by atoms with Crippen LogP contribution in [0.15, 0.2) is 12.7 Å². The van der Waals surface area contributed by atoms with Crippen LogP contribution in [-0.4, -0.2) is 25.0 Å². The van der Waals surface area contributed by atoms with Crippen molar-refractivity contribution in [2.24, 2.45) is 5.92 Å². The van der Waals surface area contributed by atoms with Crippen molar-refractivity contribution in [1.82, 2.24) is 5.32 Å². The standard InChI is InChI=1S/C10H17NO3/c1-4-10(13)11-6-5-8(2)7-14-9(3)12/h4,8H,1,5-7H2,2-3H3,(H,11,13). The monoisotopic (exact) mass is 199 g/mol. The topological polar surface area (TPSA) is 55.4 Å². The van der Waals surface area contributed by atoms with Crippen LogP contribution >= 0.6 is 0 Å². The van der Waals surface area contributed by atoms with Crippen molar-refractivity contribution in [2.75, 3.05) is 13.2 Å². The van der Waals surface area contributed by atoms with E-state index in [0.717, 1.165) is 6.42 Å². The SMILES string of the molecule is C=CC(=O)NCCC(C)COC(C)=O. The van der Waals surface area contributed by atoms with Crippen molar-refractivity contribution < 1.29 is 14.3 Å². The van der Waals surface area contributed by atoms with Gasteiger partial charge in [0.05, 0.1) is 6.61 Å². The molecular weight excluding hydrogens is 182 g/mol. The van der Waals surface area contributed by atoms with Crippen molar-refractivity contribution >= 4 is 11.9 Å². The fourth-order valence-corrected chi connectivity index (χ4v) is 0.857. The largest absolute Gasteiger partial charge is 0.466 e. The van der Waals surface area contributed by atoms with Gasteiger partial charge in [0.1, 0.15) is 0 Å². The highest BCUT2D eigenvalue weighted by Gasteiger charge is 2.04. The molecule has 0 fully saturated rings. The average Bonchev–Trinajstić information content (AvgIpc) is 2.14. The van der Waals surface area contributed by atoms with Gasteiger partial charge in [-0.2, -0.15) is 0 Å². The lowest BCUT2D eigenvalue weighted by molar-refractivity contribution is -0.142. The van der Waals surface area contributed by atoms with E-state index in [-0.39, 0.29) is 17.8 Å². The van der Waals surface area contributed by atoms with Gasteiger partial charge < -0.3 is 10.1 Å². The van der Waals surface area contributed by atoms with Crippen molar-refractivity contribution in [3.8, 4) is 0 Å². The van der Waals surface area contributed by atoms with E-state index in [0.29, 0.717) is 13.2 Å². The third kappa shape index (κ3) is 7.34. The Hall–Kier alpha value is -1.32. The number of carbonyl (C=O) groups is 2. The minimum absolute atomic E-state index is 0.176. The first-order chi connectivity index (χ1) is 6.56. The lowest BCUT2D eigenvalue weighted by Crippen LogP contribution is -2.24. The van der Waals surface area contributed by atoms with Gasteiger partial charge in [0, 0.05) is 13.5 Å². The Balaban J connectivity index is 3.44. The summed E-state index contributed by atoms with van der Waals surface area (Å²) in [6, 6.07) is 0. The van der Waals surface area contributed by atoms with Gasteiger partial charge >= 0.3 is 5.97 Å². The molecule has 0 aliphatic carbocycles. The summed E-state index contributed by atoms with van der Waals surface area (Å²) >= 11 is 0. The molecule has 0 bridgehead atoms. The van der Waals surface area contributed by atoms with Gasteiger partial charge in [0.25, 0.3) is 0 Å². The summed E-state index contributed by atoms with van der Waals surface area (Å²) in [6.07, 6.45) is 2.02. The zero-order chi connectivity index (χ0) is 11.0. The van der Waals surface area contributed by atoms with Gasteiger partial charge in [-0.1, -0.05) is 13.5 Å². The second-order valence-electron chi connectivity index (χ2n) is 3.19. The third-order valence-electron chi connectivity index (χ3n) is 1.69. The van der Waals surface area contributed by atoms with Gasteiger partial charge in [-0.3, -0.25) is 9.59 Å². The Morgan fingerprint density at radius 2 is 2.21 bits per heavy atom. The van der Waals surface area contributed by atoms with Gasteiger partial charge in [-0.05, 0) is 18.4 Å². The smallest absolute Gasteiger partial charge is 0.302 e. The Kier molecular flexibility index (Phi) is 6.45. The summed E-state index contributed by atoms with van der Waals surface area (Å²) in [5.74, 6) is -0.194. The number of ether oxygens (including phenoxy) is 1. The summed E-state index contributed by atoms with van der Waals surface area (Å²) in [7, 11) is 0. The summed E-state index contributed by atoms with van der Waals surface area (Å²) in [5, 5.41) is 2.65. The molecule has 1 N–H and O–H groups in total. The summed E-state index contributed by atoms with van der Waals surface area (Å²) in [4.78, 5) is 21.2. The highest BCUT2D eigenvalue weighted by atomic mass is 16.5. The molecule has 0 aliphatic rings. The highest BCUT2D eigenvalue weighted by molar-refractivity contribution is 5.86. The Bertz CT molecular complexity index is 213. The Morgan fingerprint density at radius 3 is 2.71 bits per heavy atom. The van der Waals surface area contributed by atoms with Crippen molar-refractivity contribution in [1.29, 1.82) is 0 Å². The molecule has 0 spiro atoms. The predicted octanol–water partition coefficient (Wildman–Crippen LogP) is 0.878. The molecule has 0 aromatic carbocycles.